The molecule has 0 spiro atoms. The lowest BCUT2D eigenvalue weighted by atomic mass is 10.0. The molecule has 3 aromatic rings. The van der Waals surface area contributed by atoms with E-state index in [0.29, 0.717) is 17.1 Å². The van der Waals surface area contributed by atoms with Crippen LogP contribution < -0.4 is 9.62 Å². The van der Waals surface area contributed by atoms with Crippen LogP contribution in [0.2, 0.25) is 5.02 Å². The van der Waals surface area contributed by atoms with Crippen molar-refractivity contribution < 1.29 is 18.0 Å². The van der Waals surface area contributed by atoms with Gasteiger partial charge in [-0.05, 0) is 59.7 Å². The minimum absolute atomic E-state index is 0.0650. The van der Waals surface area contributed by atoms with Gasteiger partial charge in [-0.2, -0.15) is 0 Å². The average molecular weight is 610 g/mol. The van der Waals surface area contributed by atoms with Crippen LogP contribution >= 0.6 is 11.6 Å². The summed E-state index contributed by atoms with van der Waals surface area (Å²) in [6.45, 7) is 3.81. The molecule has 1 atom stereocenters. The lowest BCUT2D eigenvalue weighted by molar-refractivity contribution is -0.140. The van der Waals surface area contributed by atoms with E-state index in [1.165, 1.54) is 4.90 Å². The molecular weight excluding hydrogens is 570 g/mol. The highest BCUT2D eigenvalue weighted by molar-refractivity contribution is 7.92. The fourth-order valence-corrected chi connectivity index (χ4v) is 6.32. The molecule has 9 heteroatoms. The Morgan fingerprint density at radius 3 is 2.10 bits per heavy atom. The van der Waals surface area contributed by atoms with Crippen molar-refractivity contribution in [3.8, 4) is 0 Å². The molecule has 42 heavy (non-hydrogen) atoms. The van der Waals surface area contributed by atoms with Crippen LogP contribution in [0.4, 0.5) is 5.69 Å². The number of nitrogens with one attached hydrogen (secondary N) is 1. The molecule has 1 aliphatic carbocycles. The molecule has 1 aliphatic rings. The third-order valence-electron chi connectivity index (χ3n) is 7.77. The first-order chi connectivity index (χ1) is 20.0. The van der Waals surface area contributed by atoms with Crippen LogP contribution in [0.25, 0.3) is 0 Å². The van der Waals surface area contributed by atoms with Crippen LogP contribution in [0, 0.1) is 0 Å². The molecule has 0 heterocycles. The number of anilines is 1. The number of hydrogen-bond donors (Lipinski definition) is 1. The minimum atomic E-state index is -3.81. The van der Waals surface area contributed by atoms with Gasteiger partial charge in [0.1, 0.15) is 12.6 Å². The van der Waals surface area contributed by atoms with Crippen LogP contribution in [0.3, 0.4) is 0 Å². The Morgan fingerprint density at radius 1 is 0.905 bits per heavy atom. The maximum atomic E-state index is 14.2. The summed E-state index contributed by atoms with van der Waals surface area (Å²) in [6, 6.07) is 23.1. The number of halogens is 1. The summed E-state index contributed by atoms with van der Waals surface area (Å²) < 4.78 is 27.1. The fourth-order valence-electron chi connectivity index (χ4n) is 5.35. The monoisotopic (exact) mass is 609 g/mol. The molecule has 1 N–H and O–H groups in total. The summed E-state index contributed by atoms with van der Waals surface area (Å²) in [5.74, 6) is -0.426. The van der Waals surface area contributed by atoms with E-state index in [2.05, 4.69) is 19.2 Å². The summed E-state index contributed by atoms with van der Waals surface area (Å²) in [5.41, 5.74) is 3.15. The van der Waals surface area contributed by atoms with E-state index in [9.17, 15) is 18.0 Å². The molecular formula is C33H40ClN3O4S. The normalized spacial score (nSPS) is 14.5. The Bertz CT molecular complexity index is 1440. The second-order valence-corrected chi connectivity index (χ2v) is 13.7. The minimum Gasteiger partial charge on any atom is -0.352 e. The Hall–Kier alpha value is -3.36. The quantitative estimate of drug-likeness (QED) is 0.276. The summed E-state index contributed by atoms with van der Waals surface area (Å²) in [7, 11) is -3.81. The molecule has 3 aromatic carbocycles. The van der Waals surface area contributed by atoms with Gasteiger partial charge < -0.3 is 10.2 Å². The molecule has 1 saturated carbocycles. The highest BCUT2D eigenvalue weighted by Crippen LogP contribution is 2.24. The van der Waals surface area contributed by atoms with Gasteiger partial charge in [0.15, 0.2) is 0 Å². The zero-order chi connectivity index (χ0) is 30.3. The number of amides is 2. The topological polar surface area (TPSA) is 86.8 Å². The molecule has 0 radical (unpaired) electrons. The SMILES string of the molecule is CC(C)c1ccc(N(CC(=O)N(Cc2ccc(Cl)cc2)[C@H](Cc2ccccc2)C(=O)NC2CCCC2)S(C)(=O)=O)cc1. The third-order valence-corrected chi connectivity index (χ3v) is 9.16. The van der Waals surface area contributed by atoms with Gasteiger partial charge in [-0.1, -0.05) is 92.9 Å². The second-order valence-electron chi connectivity index (χ2n) is 11.4. The predicted molar refractivity (Wildman–Crippen MR) is 169 cm³/mol. The van der Waals surface area contributed by atoms with Crippen LogP contribution in [0.15, 0.2) is 78.9 Å². The molecule has 0 aliphatic heterocycles. The summed E-state index contributed by atoms with van der Waals surface area (Å²) in [5, 5.41) is 3.74. The van der Waals surface area contributed by atoms with Crippen LogP contribution in [-0.2, 0) is 32.6 Å². The molecule has 0 bridgehead atoms. The number of carbonyl (C=O) groups is 2. The molecule has 0 saturated heterocycles. The number of sulfonamides is 1. The maximum Gasteiger partial charge on any atom is 0.244 e. The van der Waals surface area contributed by atoms with Gasteiger partial charge in [-0.3, -0.25) is 13.9 Å². The van der Waals surface area contributed by atoms with E-state index in [1.807, 2.05) is 54.6 Å². The van der Waals surface area contributed by atoms with Crippen molar-refractivity contribution in [2.24, 2.45) is 0 Å². The summed E-state index contributed by atoms with van der Waals surface area (Å²) in [4.78, 5) is 29.6. The Morgan fingerprint density at radius 2 is 1.52 bits per heavy atom. The largest absolute Gasteiger partial charge is 0.352 e. The molecule has 224 valence electrons. The van der Waals surface area contributed by atoms with Gasteiger partial charge in [0.25, 0.3) is 0 Å². The smallest absolute Gasteiger partial charge is 0.244 e. The van der Waals surface area contributed by atoms with Crippen molar-refractivity contribution in [3.05, 3.63) is 101 Å². The first-order valence-electron chi connectivity index (χ1n) is 14.5. The third kappa shape index (κ3) is 8.58. The average Bonchev–Trinajstić information content (AvgIpc) is 3.47. The van der Waals surface area contributed by atoms with Gasteiger partial charge in [-0.25, -0.2) is 8.42 Å². The zero-order valence-corrected chi connectivity index (χ0v) is 26.1. The van der Waals surface area contributed by atoms with Crippen LogP contribution in [0.1, 0.15) is 62.1 Å². The molecule has 0 aromatic heterocycles. The van der Waals surface area contributed by atoms with Crippen molar-refractivity contribution in [2.45, 2.75) is 70.5 Å². The van der Waals surface area contributed by atoms with E-state index >= 15 is 0 Å². The summed E-state index contributed by atoms with van der Waals surface area (Å²) >= 11 is 6.13. The van der Waals surface area contributed by atoms with Gasteiger partial charge in [0.05, 0.1) is 11.9 Å². The van der Waals surface area contributed by atoms with Crippen molar-refractivity contribution in [1.82, 2.24) is 10.2 Å². The number of hydrogen-bond acceptors (Lipinski definition) is 4. The Kier molecular flexibility index (Phi) is 10.7. The highest BCUT2D eigenvalue weighted by Gasteiger charge is 2.34. The molecule has 4 rings (SSSR count). The second kappa shape index (κ2) is 14.2. The number of nitrogens with zero attached hydrogens (tertiary/aromatic N) is 2. The van der Waals surface area contributed by atoms with Gasteiger partial charge in [-0.15, -0.1) is 0 Å². The lowest BCUT2D eigenvalue weighted by Crippen LogP contribution is -2.54. The van der Waals surface area contributed by atoms with Gasteiger partial charge in [0.2, 0.25) is 21.8 Å². The lowest BCUT2D eigenvalue weighted by Gasteiger charge is -2.34. The number of benzene rings is 3. The molecule has 2 amide bonds. The van der Waals surface area contributed by atoms with Crippen molar-refractivity contribution in [3.63, 3.8) is 0 Å². The Balaban J connectivity index is 1.71. The molecule has 1 fully saturated rings. The standard InChI is InChI=1S/C33H40ClN3O4S/c1-24(2)27-15-19-30(20-16-27)37(42(3,40)41)23-32(38)36(22-26-13-17-28(34)18-14-26)31(21-25-9-5-4-6-10-25)33(39)35-29-11-7-8-12-29/h4-6,9-10,13-20,24,29,31H,7-8,11-12,21-23H2,1-3H3,(H,35,39)/t31-/m1/s1. The van der Waals surface area contributed by atoms with Crippen molar-refractivity contribution in [1.29, 1.82) is 0 Å². The number of carbonyl (C=O) groups excluding carboxylic acids is 2. The Labute approximate surface area is 254 Å². The van der Waals surface area contributed by atoms with E-state index in [-0.39, 0.29) is 24.4 Å². The van der Waals surface area contributed by atoms with Crippen molar-refractivity contribution >= 4 is 39.1 Å². The van der Waals surface area contributed by atoms with Crippen molar-refractivity contribution in [2.75, 3.05) is 17.1 Å². The van der Waals surface area contributed by atoms with Gasteiger partial charge >= 0.3 is 0 Å². The first-order valence-corrected chi connectivity index (χ1v) is 16.7. The predicted octanol–water partition coefficient (Wildman–Crippen LogP) is 5.93. The van der Waals surface area contributed by atoms with E-state index in [1.54, 1.807) is 24.3 Å². The van der Waals surface area contributed by atoms with E-state index < -0.39 is 28.5 Å². The van der Waals surface area contributed by atoms with E-state index in [4.69, 9.17) is 11.6 Å². The number of rotatable bonds is 12. The summed E-state index contributed by atoms with van der Waals surface area (Å²) in [6.07, 6.45) is 5.31. The van der Waals surface area contributed by atoms with Crippen LogP contribution in [-0.4, -0.2) is 50.0 Å². The molecule has 0 unspecified atom stereocenters. The first kappa shape index (κ1) is 31.6. The van der Waals surface area contributed by atoms with Gasteiger partial charge in [0, 0.05) is 24.0 Å². The highest BCUT2D eigenvalue weighted by atomic mass is 35.5. The maximum absolute atomic E-state index is 14.2. The zero-order valence-electron chi connectivity index (χ0n) is 24.5. The molecule has 7 nitrogen and oxygen atoms in total. The van der Waals surface area contributed by atoms with E-state index in [0.717, 1.165) is 52.9 Å². The fraction of sp³-hybridized carbons (Fsp3) is 0.394. The van der Waals surface area contributed by atoms with Crippen LogP contribution in [0.5, 0.6) is 0 Å².